The van der Waals surface area contributed by atoms with Crippen LogP contribution in [-0.2, 0) is 6.42 Å². The van der Waals surface area contributed by atoms with E-state index in [-0.39, 0.29) is 6.03 Å². The molecule has 0 aliphatic carbocycles. The number of benzene rings is 1. The molecule has 1 aromatic carbocycles. The molecule has 0 unspecified atom stereocenters. The highest BCUT2D eigenvalue weighted by molar-refractivity contribution is 6.43. The van der Waals surface area contributed by atoms with Gasteiger partial charge in [-0.2, -0.15) is 0 Å². The molecular formula is C16H17Cl2N3O. The second-order valence-corrected chi connectivity index (χ2v) is 5.47. The standard InChI is InChI=1S/C16H17Cl2N3O/c1-2-21(11-9-12-6-3-4-10-19-12)16(22)20-14-8-5-7-13(17)15(14)18/h3-8,10H,2,9,11H2,1H3,(H,20,22). The van der Waals surface area contributed by atoms with Crippen molar-refractivity contribution in [2.24, 2.45) is 0 Å². The highest BCUT2D eigenvalue weighted by Crippen LogP contribution is 2.29. The zero-order chi connectivity index (χ0) is 15.9. The van der Waals surface area contributed by atoms with Crippen LogP contribution in [0.3, 0.4) is 0 Å². The molecule has 1 aromatic heterocycles. The molecule has 2 aromatic rings. The first kappa shape index (κ1) is 16.6. The molecule has 0 spiro atoms. The first-order valence-electron chi connectivity index (χ1n) is 7.01. The number of hydrogen-bond acceptors (Lipinski definition) is 2. The van der Waals surface area contributed by atoms with Gasteiger partial charge in [-0.15, -0.1) is 0 Å². The van der Waals surface area contributed by atoms with Crippen LogP contribution in [0.15, 0.2) is 42.6 Å². The zero-order valence-electron chi connectivity index (χ0n) is 12.2. The summed E-state index contributed by atoms with van der Waals surface area (Å²) in [7, 11) is 0. The van der Waals surface area contributed by atoms with E-state index >= 15 is 0 Å². The zero-order valence-corrected chi connectivity index (χ0v) is 13.7. The van der Waals surface area contributed by atoms with E-state index in [4.69, 9.17) is 23.2 Å². The Balaban J connectivity index is 1.98. The molecule has 0 fully saturated rings. The van der Waals surface area contributed by atoms with Crippen LogP contribution >= 0.6 is 23.2 Å². The summed E-state index contributed by atoms with van der Waals surface area (Å²) < 4.78 is 0. The number of hydrogen-bond donors (Lipinski definition) is 1. The lowest BCUT2D eigenvalue weighted by Gasteiger charge is -2.21. The summed E-state index contributed by atoms with van der Waals surface area (Å²) >= 11 is 12.0. The molecule has 0 aliphatic rings. The van der Waals surface area contributed by atoms with Crippen LogP contribution in [0.5, 0.6) is 0 Å². The third kappa shape index (κ3) is 4.36. The molecular weight excluding hydrogens is 321 g/mol. The van der Waals surface area contributed by atoms with E-state index in [1.54, 1.807) is 29.3 Å². The smallest absolute Gasteiger partial charge is 0.321 e. The number of aromatic nitrogens is 1. The number of halogens is 2. The number of rotatable bonds is 5. The monoisotopic (exact) mass is 337 g/mol. The fourth-order valence-electron chi connectivity index (χ4n) is 1.99. The molecule has 0 saturated heterocycles. The number of pyridine rings is 1. The third-order valence-corrected chi connectivity index (χ3v) is 4.05. The summed E-state index contributed by atoms with van der Waals surface area (Å²) in [6.45, 7) is 3.10. The Morgan fingerprint density at radius 2 is 2.05 bits per heavy atom. The summed E-state index contributed by atoms with van der Waals surface area (Å²) in [5, 5.41) is 3.55. The number of carbonyl (C=O) groups excluding carboxylic acids is 1. The minimum atomic E-state index is -0.206. The van der Waals surface area contributed by atoms with Crippen molar-refractivity contribution >= 4 is 34.9 Å². The number of amides is 2. The van der Waals surface area contributed by atoms with E-state index in [9.17, 15) is 4.79 Å². The number of anilines is 1. The van der Waals surface area contributed by atoms with Crippen molar-refractivity contribution in [3.05, 3.63) is 58.3 Å². The predicted octanol–water partition coefficient (Wildman–Crippen LogP) is 4.48. The second kappa shape index (κ2) is 8.01. The third-order valence-electron chi connectivity index (χ3n) is 3.23. The largest absolute Gasteiger partial charge is 0.324 e. The van der Waals surface area contributed by atoms with Gasteiger partial charge in [-0.1, -0.05) is 35.3 Å². The van der Waals surface area contributed by atoms with Gasteiger partial charge in [0.15, 0.2) is 0 Å². The molecule has 2 rings (SSSR count). The Kier molecular flexibility index (Phi) is 6.04. The van der Waals surface area contributed by atoms with Gasteiger partial charge in [0, 0.05) is 31.4 Å². The molecule has 0 atom stereocenters. The van der Waals surface area contributed by atoms with Gasteiger partial charge in [0.25, 0.3) is 0 Å². The molecule has 6 heteroatoms. The molecule has 0 aliphatic heterocycles. The Morgan fingerprint density at radius 1 is 1.23 bits per heavy atom. The van der Waals surface area contributed by atoms with Gasteiger partial charge in [0.2, 0.25) is 0 Å². The van der Waals surface area contributed by atoms with Gasteiger partial charge in [0.05, 0.1) is 15.7 Å². The van der Waals surface area contributed by atoms with E-state index < -0.39 is 0 Å². The van der Waals surface area contributed by atoms with Gasteiger partial charge in [-0.3, -0.25) is 4.98 Å². The summed E-state index contributed by atoms with van der Waals surface area (Å²) in [6.07, 6.45) is 2.45. The van der Waals surface area contributed by atoms with E-state index in [0.29, 0.717) is 35.2 Å². The maximum Gasteiger partial charge on any atom is 0.321 e. The van der Waals surface area contributed by atoms with Crippen molar-refractivity contribution in [2.75, 3.05) is 18.4 Å². The number of likely N-dealkylation sites (N-methyl/N-ethyl adjacent to an activating group) is 1. The lowest BCUT2D eigenvalue weighted by molar-refractivity contribution is 0.215. The SMILES string of the molecule is CCN(CCc1ccccn1)C(=O)Nc1cccc(Cl)c1Cl. The van der Waals surface area contributed by atoms with E-state index in [1.807, 2.05) is 25.1 Å². The van der Waals surface area contributed by atoms with Crippen LogP contribution in [0.2, 0.25) is 10.0 Å². The summed E-state index contributed by atoms with van der Waals surface area (Å²) in [5.74, 6) is 0. The number of carbonyl (C=O) groups is 1. The highest BCUT2D eigenvalue weighted by Gasteiger charge is 2.14. The van der Waals surface area contributed by atoms with E-state index in [2.05, 4.69) is 10.3 Å². The molecule has 22 heavy (non-hydrogen) atoms. The van der Waals surface area contributed by atoms with Crippen molar-refractivity contribution in [1.29, 1.82) is 0 Å². The lowest BCUT2D eigenvalue weighted by atomic mass is 10.2. The van der Waals surface area contributed by atoms with E-state index in [0.717, 1.165) is 5.69 Å². The minimum absolute atomic E-state index is 0.206. The number of urea groups is 1. The Hall–Kier alpha value is -1.78. The van der Waals surface area contributed by atoms with Crippen LogP contribution in [0.25, 0.3) is 0 Å². The lowest BCUT2D eigenvalue weighted by Crippen LogP contribution is -2.36. The van der Waals surface area contributed by atoms with Crippen LogP contribution in [-0.4, -0.2) is 29.0 Å². The maximum atomic E-state index is 12.3. The molecule has 1 N–H and O–H groups in total. The fraction of sp³-hybridized carbons (Fsp3) is 0.250. The number of nitrogens with zero attached hydrogens (tertiary/aromatic N) is 2. The van der Waals surface area contributed by atoms with Crippen molar-refractivity contribution in [3.63, 3.8) is 0 Å². The number of nitrogens with one attached hydrogen (secondary N) is 1. The fourth-order valence-corrected chi connectivity index (χ4v) is 2.34. The molecule has 4 nitrogen and oxygen atoms in total. The van der Waals surface area contributed by atoms with Crippen molar-refractivity contribution in [1.82, 2.24) is 9.88 Å². The molecule has 0 radical (unpaired) electrons. The average molecular weight is 338 g/mol. The summed E-state index contributed by atoms with van der Waals surface area (Å²) in [6, 6.07) is 10.7. The van der Waals surface area contributed by atoms with Gasteiger partial charge in [-0.25, -0.2) is 4.79 Å². The van der Waals surface area contributed by atoms with Gasteiger partial charge in [0.1, 0.15) is 0 Å². The van der Waals surface area contributed by atoms with Crippen LogP contribution in [0.4, 0.5) is 10.5 Å². The molecule has 2 amide bonds. The first-order valence-corrected chi connectivity index (χ1v) is 7.77. The van der Waals surface area contributed by atoms with Gasteiger partial charge < -0.3 is 10.2 Å². The van der Waals surface area contributed by atoms with Gasteiger partial charge >= 0.3 is 6.03 Å². The minimum Gasteiger partial charge on any atom is -0.324 e. The summed E-state index contributed by atoms with van der Waals surface area (Å²) in [4.78, 5) is 18.3. The Morgan fingerprint density at radius 3 is 2.73 bits per heavy atom. The quantitative estimate of drug-likeness (QED) is 0.873. The van der Waals surface area contributed by atoms with Crippen LogP contribution in [0, 0.1) is 0 Å². The van der Waals surface area contributed by atoms with Crippen LogP contribution < -0.4 is 5.32 Å². The van der Waals surface area contributed by atoms with Crippen molar-refractivity contribution in [2.45, 2.75) is 13.3 Å². The molecule has 0 bridgehead atoms. The second-order valence-electron chi connectivity index (χ2n) is 4.68. The molecule has 0 saturated carbocycles. The molecule has 1 heterocycles. The van der Waals surface area contributed by atoms with E-state index in [1.165, 1.54) is 0 Å². The topological polar surface area (TPSA) is 45.2 Å². The normalized spacial score (nSPS) is 10.3. The first-order chi connectivity index (χ1) is 10.6. The average Bonchev–Trinajstić information content (AvgIpc) is 2.53. The summed E-state index contributed by atoms with van der Waals surface area (Å²) in [5.41, 5.74) is 1.46. The van der Waals surface area contributed by atoms with Crippen molar-refractivity contribution in [3.8, 4) is 0 Å². The van der Waals surface area contributed by atoms with Gasteiger partial charge in [-0.05, 0) is 31.2 Å². The highest BCUT2D eigenvalue weighted by atomic mass is 35.5. The van der Waals surface area contributed by atoms with Crippen molar-refractivity contribution < 1.29 is 4.79 Å². The molecule has 116 valence electrons. The van der Waals surface area contributed by atoms with Crippen LogP contribution in [0.1, 0.15) is 12.6 Å². The Labute approximate surface area is 140 Å². The maximum absolute atomic E-state index is 12.3. The predicted molar refractivity (Wildman–Crippen MR) is 90.7 cm³/mol. The Bertz CT molecular complexity index is 635.